The summed E-state index contributed by atoms with van der Waals surface area (Å²) in [5, 5.41) is 5.19. The summed E-state index contributed by atoms with van der Waals surface area (Å²) in [5.41, 5.74) is 0. The predicted octanol–water partition coefficient (Wildman–Crippen LogP) is 1.39. The second-order valence-electron chi connectivity index (χ2n) is 3.33. The number of amides is 2. The van der Waals surface area contributed by atoms with Crippen molar-refractivity contribution < 1.29 is 9.53 Å². The molecule has 1 rings (SSSR count). The third-order valence-corrected chi connectivity index (χ3v) is 1.97. The number of benzene rings is 1. The number of carbonyl (C=O) groups is 1. The molecule has 0 unspecified atom stereocenters. The van der Waals surface area contributed by atoms with Gasteiger partial charge in [0.15, 0.2) is 0 Å². The number of urea groups is 1. The van der Waals surface area contributed by atoms with Crippen LogP contribution >= 0.6 is 0 Å². The van der Waals surface area contributed by atoms with Crippen LogP contribution in [0.3, 0.4) is 0 Å². The minimum absolute atomic E-state index is 0.242. The number of carbonyl (C=O) groups excluding carboxylic acids is 1. The molecule has 1 aromatic carbocycles. The standard InChI is InChI=1S/C13H16N2O2/c1-2-9-14-13(16)15-10-6-11-17-12-7-4-3-5-8-12/h1,3-5,7-8H,6,9-11H2,(H2,14,15,16). The zero-order valence-corrected chi connectivity index (χ0v) is 9.61. The van der Waals surface area contributed by atoms with E-state index in [1.807, 2.05) is 30.3 Å². The van der Waals surface area contributed by atoms with Gasteiger partial charge in [0, 0.05) is 6.54 Å². The van der Waals surface area contributed by atoms with Gasteiger partial charge in [-0.05, 0) is 18.6 Å². The summed E-state index contributed by atoms with van der Waals surface area (Å²) in [4.78, 5) is 11.1. The molecule has 0 aliphatic rings. The summed E-state index contributed by atoms with van der Waals surface area (Å²) < 4.78 is 5.46. The molecule has 17 heavy (non-hydrogen) atoms. The van der Waals surface area contributed by atoms with Gasteiger partial charge in [0.25, 0.3) is 0 Å². The Balaban J connectivity index is 2.02. The average molecular weight is 232 g/mol. The monoisotopic (exact) mass is 232 g/mol. The zero-order valence-electron chi connectivity index (χ0n) is 9.61. The van der Waals surface area contributed by atoms with Crippen molar-refractivity contribution in [2.75, 3.05) is 19.7 Å². The van der Waals surface area contributed by atoms with Gasteiger partial charge in [0.1, 0.15) is 5.75 Å². The summed E-state index contributed by atoms with van der Waals surface area (Å²) in [6.07, 6.45) is 5.75. The van der Waals surface area contributed by atoms with E-state index < -0.39 is 0 Å². The van der Waals surface area contributed by atoms with Crippen molar-refractivity contribution in [1.82, 2.24) is 10.6 Å². The fraction of sp³-hybridized carbons (Fsp3) is 0.308. The Kier molecular flexibility index (Phi) is 6.12. The lowest BCUT2D eigenvalue weighted by atomic mass is 10.3. The Morgan fingerprint density at radius 2 is 2.06 bits per heavy atom. The van der Waals surface area contributed by atoms with Crippen molar-refractivity contribution in [1.29, 1.82) is 0 Å². The zero-order chi connectivity index (χ0) is 12.3. The minimum Gasteiger partial charge on any atom is -0.494 e. The average Bonchev–Trinajstić information content (AvgIpc) is 2.37. The molecule has 0 aliphatic heterocycles. The molecule has 90 valence electrons. The molecule has 0 atom stereocenters. The van der Waals surface area contributed by atoms with Gasteiger partial charge in [-0.3, -0.25) is 0 Å². The largest absolute Gasteiger partial charge is 0.494 e. The lowest BCUT2D eigenvalue weighted by Gasteiger charge is -2.07. The van der Waals surface area contributed by atoms with E-state index in [2.05, 4.69) is 16.6 Å². The van der Waals surface area contributed by atoms with Crippen LogP contribution in [0.25, 0.3) is 0 Å². The van der Waals surface area contributed by atoms with Gasteiger partial charge in [-0.2, -0.15) is 0 Å². The highest BCUT2D eigenvalue weighted by atomic mass is 16.5. The molecule has 0 saturated carbocycles. The lowest BCUT2D eigenvalue weighted by molar-refractivity contribution is 0.240. The van der Waals surface area contributed by atoms with Gasteiger partial charge < -0.3 is 15.4 Å². The molecule has 0 aromatic heterocycles. The third kappa shape index (κ3) is 6.10. The van der Waals surface area contributed by atoms with E-state index in [0.29, 0.717) is 13.2 Å². The number of hydrogen-bond acceptors (Lipinski definition) is 2. The summed E-state index contributed by atoms with van der Waals surface area (Å²) >= 11 is 0. The second kappa shape index (κ2) is 8.05. The van der Waals surface area contributed by atoms with Crippen LogP contribution in [0, 0.1) is 12.3 Å². The number of nitrogens with one attached hydrogen (secondary N) is 2. The van der Waals surface area contributed by atoms with Gasteiger partial charge in [0.05, 0.1) is 13.2 Å². The molecule has 1 aromatic rings. The number of hydrogen-bond donors (Lipinski definition) is 2. The van der Waals surface area contributed by atoms with Crippen molar-refractivity contribution in [2.45, 2.75) is 6.42 Å². The van der Waals surface area contributed by atoms with Crippen molar-refractivity contribution >= 4 is 6.03 Å². The number of terminal acetylenes is 1. The number of ether oxygens (including phenoxy) is 1. The highest BCUT2D eigenvalue weighted by molar-refractivity contribution is 5.73. The Bertz CT molecular complexity index is 371. The molecule has 4 nitrogen and oxygen atoms in total. The van der Waals surface area contributed by atoms with E-state index in [9.17, 15) is 4.79 Å². The lowest BCUT2D eigenvalue weighted by Crippen LogP contribution is -2.36. The molecule has 0 heterocycles. The van der Waals surface area contributed by atoms with Gasteiger partial charge in [-0.15, -0.1) is 6.42 Å². The van der Waals surface area contributed by atoms with E-state index in [1.54, 1.807) is 0 Å². The Hall–Kier alpha value is -2.15. The molecule has 0 spiro atoms. The highest BCUT2D eigenvalue weighted by Crippen LogP contribution is 2.07. The first-order valence-electron chi connectivity index (χ1n) is 5.46. The van der Waals surface area contributed by atoms with Crippen LogP contribution < -0.4 is 15.4 Å². The molecule has 0 fully saturated rings. The molecule has 0 aliphatic carbocycles. The summed E-state index contributed by atoms with van der Waals surface area (Å²) in [5.74, 6) is 3.16. The molecular weight excluding hydrogens is 216 g/mol. The molecular formula is C13H16N2O2. The van der Waals surface area contributed by atoms with Crippen molar-refractivity contribution in [3.8, 4) is 18.1 Å². The van der Waals surface area contributed by atoms with E-state index in [-0.39, 0.29) is 12.6 Å². The molecule has 0 bridgehead atoms. The van der Waals surface area contributed by atoms with Crippen molar-refractivity contribution in [3.05, 3.63) is 30.3 Å². The van der Waals surface area contributed by atoms with Crippen LogP contribution in [-0.4, -0.2) is 25.7 Å². The minimum atomic E-state index is -0.248. The first-order chi connectivity index (χ1) is 8.33. The van der Waals surface area contributed by atoms with Crippen LogP contribution in [0.5, 0.6) is 5.75 Å². The first kappa shape index (κ1) is 12.9. The van der Waals surface area contributed by atoms with E-state index in [1.165, 1.54) is 0 Å². The molecule has 2 N–H and O–H groups in total. The maximum atomic E-state index is 11.1. The van der Waals surface area contributed by atoms with E-state index >= 15 is 0 Å². The van der Waals surface area contributed by atoms with Gasteiger partial charge in [-0.1, -0.05) is 24.1 Å². The van der Waals surface area contributed by atoms with Gasteiger partial charge in [-0.25, -0.2) is 4.79 Å². The number of para-hydroxylation sites is 1. The van der Waals surface area contributed by atoms with E-state index in [4.69, 9.17) is 11.2 Å². The van der Waals surface area contributed by atoms with Crippen LogP contribution in [0.1, 0.15) is 6.42 Å². The predicted molar refractivity (Wildman–Crippen MR) is 66.8 cm³/mol. The van der Waals surface area contributed by atoms with Crippen LogP contribution in [0.15, 0.2) is 30.3 Å². The maximum absolute atomic E-state index is 11.1. The Morgan fingerprint density at radius 1 is 1.29 bits per heavy atom. The Labute approximate surface area is 101 Å². The molecule has 0 saturated heterocycles. The van der Waals surface area contributed by atoms with Crippen LogP contribution in [-0.2, 0) is 0 Å². The van der Waals surface area contributed by atoms with Crippen molar-refractivity contribution in [3.63, 3.8) is 0 Å². The fourth-order valence-electron chi connectivity index (χ4n) is 1.17. The SMILES string of the molecule is C#CCNC(=O)NCCCOc1ccccc1. The topological polar surface area (TPSA) is 50.4 Å². The Morgan fingerprint density at radius 3 is 2.76 bits per heavy atom. The summed E-state index contributed by atoms with van der Waals surface area (Å²) in [6.45, 7) is 1.37. The van der Waals surface area contributed by atoms with Gasteiger partial charge in [0.2, 0.25) is 0 Å². The maximum Gasteiger partial charge on any atom is 0.315 e. The highest BCUT2D eigenvalue weighted by Gasteiger charge is 1.97. The van der Waals surface area contributed by atoms with Gasteiger partial charge >= 0.3 is 6.03 Å². The first-order valence-corrected chi connectivity index (χ1v) is 5.46. The summed E-state index contributed by atoms with van der Waals surface area (Å²) in [7, 11) is 0. The summed E-state index contributed by atoms with van der Waals surface area (Å²) in [6, 6.07) is 9.31. The van der Waals surface area contributed by atoms with E-state index in [0.717, 1.165) is 12.2 Å². The normalized spacial score (nSPS) is 9.12. The third-order valence-electron chi connectivity index (χ3n) is 1.97. The number of rotatable bonds is 6. The molecule has 0 radical (unpaired) electrons. The van der Waals surface area contributed by atoms with Crippen LogP contribution in [0.4, 0.5) is 4.79 Å². The molecule has 4 heteroatoms. The quantitative estimate of drug-likeness (QED) is 0.575. The fourth-order valence-corrected chi connectivity index (χ4v) is 1.17. The van der Waals surface area contributed by atoms with Crippen molar-refractivity contribution in [2.24, 2.45) is 0 Å². The second-order valence-corrected chi connectivity index (χ2v) is 3.33. The molecule has 2 amide bonds. The smallest absolute Gasteiger partial charge is 0.315 e. The van der Waals surface area contributed by atoms with Crippen LogP contribution in [0.2, 0.25) is 0 Å².